The number of rotatable bonds is 3. The van der Waals surface area contributed by atoms with Crippen LogP contribution in [0.5, 0.6) is 0 Å². The number of hydrogen-bond donors (Lipinski definition) is 1. The van der Waals surface area contributed by atoms with Gasteiger partial charge in [-0.1, -0.05) is 25.7 Å². The monoisotopic (exact) mass is 252 g/mol. The molecule has 1 aliphatic heterocycles. The van der Waals surface area contributed by atoms with Crippen molar-refractivity contribution in [3.63, 3.8) is 0 Å². The van der Waals surface area contributed by atoms with Crippen molar-refractivity contribution >= 4 is 5.91 Å². The van der Waals surface area contributed by atoms with Gasteiger partial charge in [-0.05, 0) is 45.7 Å². The van der Waals surface area contributed by atoms with E-state index in [1.807, 2.05) is 0 Å². The van der Waals surface area contributed by atoms with Gasteiger partial charge in [0, 0.05) is 18.5 Å². The summed E-state index contributed by atoms with van der Waals surface area (Å²) in [7, 11) is 0. The van der Waals surface area contributed by atoms with Gasteiger partial charge >= 0.3 is 0 Å². The lowest BCUT2D eigenvalue weighted by molar-refractivity contribution is -0.138. The van der Waals surface area contributed by atoms with Gasteiger partial charge in [-0.2, -0.15) is 0 Å². The molecule has 0 spiro atoms. The number of hydrogen-bond acceptors (Lipinski definition) is 2. The van der Waals surface area contributed by atoms with E-state index in [9.17, 15) is 4.79 Å². The molecule has 2 aliphatic rings. The molecule has 0 aromatic rings. The van der Waals surface area contributed by atoms with E-state index in [4.69, 9.17) is 0 Å². The second-order valence-electron chi connectivity index (χ2n) is 5.79. The highest BCUT2D eigenvalue weighted by atomic mass is 16.2. The molecule has 0 aromatic heterocycles. The smallest absolute Gasteiger partial charge is 0.225 e. The zero-order valence-corrected chi connectivity index (χ0v) is 11.8. The van der Waals surface area contributed by atoms with Crippen LogP contribution in [0, 0.1) is 5.92 Å². The van der Waals surface area contributed by atoms with Crippen LogP contribution in [-0.4, -0.2) is 36.5 Å². The van der Waals surface area contributed by atoms with E-state index >= 15 is 0 Å². The summed E-state index contributed by atoms with van der Waals surface area (Å²) < 4.78 is 0. The van der Waals surface area contributed by atoms with Crippen molar-refractivity contribution < 1.29 is 4.79 Å². The lowest BCUT2D eigenvalue weighted by Crippen LogP contribution is -2.48. The summed E-state index contributed by atoms with van der Waals surface area (Å²) in [6.07, 6.45) is 9.66. The zero-order chi connectivity index (χ0) is 12.8. The van der Waals surface area contributed by atoms with Crippen LogP contribution < -0.4 is 5.32 Å². The average Bonchev–Trinajstić information content (AvgIpc) is 2.69. The molecular formula is C15H28N2O. The Morgan fingerprint density at radius 1 is 1.06 bits per heavy atom. The second kappa shape index (κ2) is 7.13. The van der Waals surface area contributed by atoms with Gasteiger partial charge in [-0.15, -0.1) is 0 Å². The minimum atomic E-state index is 0.322. The highest BCUT2D eigenvalue weighted by Gasteiger charge is 2.29. The zero-order valence-electron chi connectivity index (χ0n) is 11.8. The molecule has 18 heavy (non-hydrogen) atoms. The number of piperidine rings is 1. The maximum Gasteiger partial charge on any atom is 0.225 e. The third kappa shape index (κ3) is 3.47. The Morgan fingerprint density at radius 2 is 1.67 bits per heavy atom. The largest absolute Gasteiger partial charge is 0.340 e. The SMILES string of the molecule is CCN(C(=O)C1CCCCCC1)C1CCNCC1. The molecule has 0 unspecified atom stereocenters. The highest BCUT2D eigenvalue weighted by Crippen LogP contribution is 2.26. The van der Waals surface area contributed by atoms with Gasteiger partial charge in [0.15, 0.2) is 0 Å². The quantitative estimate of drug-likeness (QED) is 0.783. The number of nitrogens with one attached hydrogen (secondary N) is 1. The molecule has 2 fully saturated rings. The van der Waals surface area contributed by atoms with Gasteiger partial charge in [0.05, 0.1) is 0 Å². The van der Waals surface area contributed by atoms with Crippen LogP contribution in [0.2, 0.25) is 0 Å². The molecule has 1 saturated heterocycles. The van der Waals surface area contributed by atoms with Gasteiger partial charge < -0.3 is 10.2 Å². The average molecular weight is 252 g/mol. The van der Waals surface area contributed by atoms with E-state index in [1.165, 1.54) is 25.7 Å². The second-order valence-corrected chi connectivity index (χ2v) is 5.79. The first-order valence-electron chi connectivity index (χ1n) is 7.84. The van der Waals surface area contributed by atoms with E-state index < -0.39 is 0 Å². The Morgan fingerprint density at radius 3 is 2.22 bits per heavy atom. The molecule has 1 saturated carbocycles. The summed E-state index contributed by atoms with van der Waals surface area (Å²) in [5.41, 5.74) is 0. The Labute approximate surface area is 111 Å². The van der Waals surface area contributed by atoms with Gasteiger partial charge in [-0.3, -0.25) is 4.79 Å². The molecule has 3 nitrogen and oxygen atoms in total. The maximum absolute atomic E-state index is 12.7. The lowest BCUT2D eigenvalue weighted by Gasteiger charge is -2.36. The topological polar surface area (TPSA) is 32.3 Å². The Balaban J connectivity index is 1.94. The Hall–Kier alpha value is -0.570. The first-order chi connectivity index (χ1) is 8.83. The predicted molar refractivity (Wildman–Crippen MR) is 74.5 cm³/mol. The van der Waals surface area contributed by atoms with Crippen LogP contribution in [0.15, 0.2) is 0 Å². The fraction of sp³-hybridized carbons (Fsp3) is 0.933. The van der Waals surface area contributed by atoms with E-state index in [0.717, 1.165) is 45.3 Å². The molecule has 104 valence electrons. The minimum Gasteiger partial charge on any atom is -0.340 e. The molecule has 1 N–H and O–H groups in total. The summed E-state index contributed by atoms with van der Waals surface area (Å²) >= 11 is 0. The fourth-order valence-corrected chi connectivity index (χ4v) is 3.47. The molecule has 2 rings (SSSR count). The van der Waals surface area contributed by atoms with E-state index in [-0.39, 0.29) is 0 Å². The molecular weight excluding hydrogens is 224 g/mol. The van der Waals surface area contributed by atoms with Crippen molar-refractivity contribution in [1.82, 2.24) is 10.2 Å². The van der Waals surface area contributed by atoms with Gasteiger partial charge in [0.2, 0.25) is 5.91 Å². The molecule has 1 heterocycles. The van der Waals surface area contributed by atoms with Gasteiger partial charge in [-0.25, -0.2) is 0 Å². The number of carbonyl (C=O) groups excluding carboxylic acids is 1. The molecule has 0 aromatic carbocycles. The van der Waals surface area contributed by atoms with Crippen molar-refractivity contribution in [2.45, 2.75) is 64.3 Å². The van der Waals surface area contributed by atoms with E-state index in [1.54, 1.807) is 0 Å². The van der Waals surface area contributed by atoms with Crippen LogP contribution in [0.4, 0.5) is 0 Å². The van der Waals surface area contributed by atoms with Crippen molar-refractivity contribution in [3.8, 4) is 0 Å². The van der Waals surface area contributed by atoms with Gasteiger partial charge in [0.1, 0.15) is 0 Å². The third-order valence-electron chi connectivity index (χ3n) is 4.58. The van der Waals surface area contributed by atoms with E-state index in [2.05, 4.69) is 17.1 Å². The number of amides is 1. The Bertz CT molecular complexity index is 253. The van der Waals surface area contributed by atoms with E-state index in [0.29, 0.717) is 17.9 Å². The van der Waals surface area contributed by atoms with Crippen LogP contribution in [0.25, 0.3) is 0 Å². The molecule has 0 atom stereocenters. The molecule has 0 radical (unpaired) electrons. The lowest BCUT2D eigenvalue weighted by atomic mass is 9.96. The van der Waals surface area contributed by atoms with Crippen LogP contribution in [0.3, 0.4) is 0 Å². The minimum absolute atomic E-state index is 0.322. The third-order valence-corrected chi connectivity index (χ3v) is 4.58. The molecule has 1 aliphatic carbocycles. The standard InChI is InChI=1S/C15H28N2O/c1-2-17(14-9-11-16-12-10-14)15(18)13-7-5-3-4-6-8-13/h13-14,16H,2-12H2,1H3. The highest BCUT2D eigenvalue weighted by molar-refractivity contribution is 5.79. The molecule has 1 amide bonds. The number of carbonyl (C=O) groups is 1. The van der Waals surface area contributed by atoms with Crippen LogP contribution >= 0.6 is 0 Å². The van der Waals surface area contributed by atoms with Crippen molar-refractivity contribution in [2.75, 3.05) is 19.6 Å². The summed E-state index contributed by atoms with van der Waals surface area (Å²) in [6.45, 7) is 5.16. The summed E-state index contributed by atoms with van der Waals surface area (Å²) in [5.74, 6) is 0.772. The summed E-state index contributed by atoms with van der Waals surface area (Å²) in [6, 6.07) is 0.493. The van der Waals surface area contributed by atoms with Crippen molar-refractivity contribution in [2.24, 2.45) is 5.92 Å². The number of nitrogens with zero attached hydrogens (tertiary/aromatic N) is 1. The maximum atomic E-state index is 12.7. The summed E-state index contributed by atoms with van der Waals surface area (Å²) in [5, 5.41) is 3.38. The normalized spacial score (nSPS) is 23.6. The van der Waals surface area contributed by atoms with Gasteiger partial charge in [0.25, 0.3) is 0 Å². The van der Waals surface area contributed by atoms with Crippen molar-refractivity contribution in [1.29, 1.82) is 0 Å². The van der Waals surface area contributed by atoms with Crippen molar-refractivity contribution in [3.05, 3.63) is 0 Å². The predicted octanol–water partition coefficient (Wildman–Crippen LogP) is 2.56. The van der Waals surface area contributed by atoms with Crippen LogP contribution in [0.1, 0.15) is 58.3 Å². The Kier molecular flexibility index (Phi) is 5.48. The first-order valence-corrected chi connectivity index (χ1v) is 7.84. The first kappa shape index (κ1) is 13.9. The van der Waals surface area contributed by atoms with Crippen LogP contribution in [-0.2, 0) is 4.79 Å². The fourth-order valence-electron chi connectivity index (χ4n) is 3.47. The molecule has 0 bridgehead atoms. The molecule has 3 heteroatoms. The summed E-state index contributed by atoms with van der Waals surface area (Å²) in [4.78, 5) is 14.9.